The Morgan fingerprint density at radius 3 is 2.68 bits per heavy atom. The molecule has 0 atom stereocenters. The first kappa shape index (κ1) is 13.3. The number of nitrogen functional groups attached to an aromatic ring is 1. The van der Waals surface area contributed by atoms with Gasteiger partial charge in [0.1, 0.15) is 17.3 Å². The van der Waals surface area contributed by atoms with Crippen LogP contribution in [-0.2, 0) is 6.42 Å². The molecule has 1 aromatic heterocycles. The van der Waals surface area contributed by atoms with Crippen LogP contribution in [0.4, 0.5) is 5.82 Å². The van der Waals surface area contributed by atoms with Crippen molar-refractivity contribution in [2.24, 2.45) is 0 Å². The number of nitrogens with one attached hydrogen (secondary N) is 1. The van der Waals surface area contributed by atoms with Gasteiger partial charge in [0.15, 0.2) is 0 Å². The van der Waals surface area contributed by atoms with E-state index in [4.69, 9.17) is 15.2 Å². The van der Waals surface area contributed by atoms with Gasteiger partial charge < -0.3 is 15.2 Å². The Kier molecular flexibility index (Phi) is 3.94. The Hall–Kier alpha value is -2.17. The van der Waals surface area contributed by atoms with E-state index < -0.39 is 0 Å². The number of ether oxygens (including phenoxy) is 2. The zero-order chi connectivity index (χ0) is 13.8. The molecule has 0 fully saturated rings. The Morgan fingerprint density at radius 2 is 2.05 bits per heavy atom. The number of aromatic amines is 1. The first-order valence-corrected chi connectivity index (χ1v) is 6.26. The van der Waals surface area contributed by atoms with Gasteiger partial charge in [-0.05, 0) is 18.6 Å². The fraction of sp³-hybridized carbons (Fsp3) is 0.357. The van der Waals surface area contributed by atoms with Gasteiger partial charge in [-0.15, -0.1) is 0 Å². The van der Waals surface area contributed by atoms with Gasteiger partial charge in [0, 0.05) is 17.2 Å². The smallest absolute Gasteiger partial charge is 0.149 e. The molecular formula is C14H19N3O2. The average Bonchev–Trinajstić information content (AvgIpc) is 2.80. The molecule has 19 heavy (non-hydrogen) atoms. The van der Waals surface area contributed by atoms with Crippen LogP contribution in [0.25, 0.3) is 11.3 Å². The van der Waals surface area contributed by atoms with Gasteiger partial charge in [0.25, 0.3) is 0 Å². The molecule has 0 spiro atoms. The molecule has 5 nitrogen and oxygen atoms in total. The fourth-order valence-corrected chi connectivity index (χ4v) is 2.11. The average molecular weight is 261 g/mol. The highest BCUT2D eigenvalue weighted by molar-refractivity contribution is 5.74. The summed E-state index contributed by atoms with van der Waals surface area (Å²) in [6, 6.07) is 5.69. The van der Waals surface area contributed by atoms with Crippen molar-refractivity contribution < 1.29 is 9.47 Å². The highest BCUT2D eigenvalue weighted by Gasteiger charge is 2.16. The monoisotopic (exact) mass is 261 g/mol. The number of nitrogens with zero attached hydrogens (tertiary/aromatic N) is 1. The lowest BCUT2D eigenvalue weighted by molar-refractivity contribution is 0.395. The van der Waals surface area contributed by atoms with Gasteiger partial charge >= 0.3 is 0 Å². The van der Waals surface area contributed by atoms with Gasteiger partial charge in [-0.1, -0.05) is 13.3 Å². The van der Waals surface area contributed by atoms with Crippen LogP contribution in [0.2, 0.25) is 0 Å². The fourth-order valence-electron chi connectivity index (χ4n) is 2.11. The molecule has 0 amide bonds. The summed E-state index contributed by atoms with van der Waals surface area (Å²) < 4.78 is 10.6. The highest BCUT2D eigenvalue weighted by atomic mass is 16.5. The maximum Gasteiger partial charge on any atom is 0.149 e. The van der Waals surface area contributed by atoms with Crippen LogP contribution in [0.3, 0.4) is 0 Å². The molecule has 1 heterocycles. The second-order valence-electron chi connectivity index (χ2n) is 4.28. The van der Waals surface area contributed by atoms with Crippen molar-refractivity contribution in [1.29, 1.82) is 0 Å². The molecule has 5 heteroatoms. The number of H-pyrrole nitrogens is 1. The van der Waals surface area contributed by atoms with E-state index >= 15 is 0 Å². The number of hydrogen-bond acceptors (Lipinski definition) is 4. The second kappa shape index (κ2) is 5.65. The summed E-state index contributed by atoms with van der Waals surface area (Å²) in [4.78, 5) is 0. The predicted octanol–water partition coefficient (Wildman–Crippen LogP) is 2.63. The van der Waals surface area contributed by atoms with Crippen molar-refractivity contribution in [2.75, 3.05) is 20.0 Å². The van der Waals surface area contributed by atoms with Crippen molar-refractivity contribution >= 4 is 5.82 Å². The molecule has 0 bridgehead atoms. The molecule has 0 unspecified atom stereocenters. The molecule has 3 N–H and O–H groups in total. The van der Waals surface area contributed by atoms with Crippen LogP contribution in [0.1, 0.15) is 18.9 Å². The quantitative estimate of drug-likeness (QED) is 0.867. The molecule has 0 radical (unpaired) electrons. The first-order valence-electron chi connectivity index (χ1n) is 6.26. The maximum atomic E-state index is 5.90. The van der Waals surface area contributed by atoms with Crippen molar-refractivity contribution in [3.8, 4) is 22.8 Å². The Morgan fingerprint density at radius 1 is 1.26 bits per heavy atom. The lowest BCUT2D eigenvalue weighted by Gasteiger charge is -2.10. The Bertz CT molecular complexity index is 564. The molecule has 0 aliphatic rings. The van der Waals surface area contributed by atoms with E-state index in [0.717, 1.165) is 41.2 Å². The number of methoxy groups -OCH3 is 2. The van der Waals surface area contributed by atoms with E-state index in [2.05, 4.69) is 17.1 Å². The normalized spacial score (nSPS) is 10.5. The summed E-state index contributed by atoms with van der Waals surface area (Å²) in [5.74, 6) is 2.04. The topological polar surface area (TPSA) is 73.2 Å². The van der Waals surface area contributed by atoms with Crippen LogP contribution < -0.4 is 15.2 Å². The number of hydrogen-bond donors (Lipinski definition) is 2. The lowest BCUT2D eigenvalue weighted by atomic mass is 10.0. The molecule has 0 aliphatic heterocycles. The third-order valence-corrected chi connectivity index (χ3v) is 3.08. The van der Waals surface area contributed by atoms with Crippen LogP contribution in [0.5, 0.6) is 11.5 Å². The third-order valence-electron chi connectivity index (χ3n) is 3.08. The second-order valence-corrected chi connectivity index (χ2v) is 4.28. The number of nitrogens with two attached hydrogens (primary N) is 1. The van der Waals surface area contributed by atoms with E-state index in [-0.39, 0.29) is 0 Å². The predicted molar refractivity (Wildman–Crippen MR) is 75.5 cm³/mol. The molecular weight excluding hydrogens is 242 g/mol. The van der Waals surface area contributed by atoms with E-state index in [1.54, 1.807) is 14.2 Å². The minimum atomic E-state index is 0.551. The van der Waals surface area contributed by atoms with Crippen LogP contribution in [-0.4, -0.2) is 24.4 Å². The molecule has 0 saturated heterocycles. The van der Waals surface area contributed by atoms with Gasteiger partial charge in [-0.2, -0.15) is 5.10 Å². The Balaban J connectivity index is 2.52. The molecule has 1 aromatic carbocycles. The zero-order valence-electron chi connectivity index (χ0n) is 11.5. The highest BCUT2D eigenvalue weighted by Crippen LogP contribution is 2.35. The van der Waals surface area contributed by atoms with Crippen molar-refractivity contribution in [3.05, 3.63) is 23.8 Å². The van der Waals surface area contributed by atoms with Crippen molar-refractivity contribution in [3.63, 3.8) is 0 Å². The Labute approximate surface area is 112 Å². The number of benzene rings is 1. The standard InChI is InChI=1S/C14H19N3O2/c1-4-5-11-13(16-17-14(11)15)10-7-6-9(18-2)8-12(10)19-3/h6-8H,4-5H2,1-3H3,(H3,15,16,17). The van der Waals surface area contributed by atoms with Gasteiger partial charge in [-0.3, -0.25) is 5.10 Å². The van der Waals surface area contributed by atoms with Crippen LogP contribution in [0, 0.1) is 0 Å². The van der Waals surface area contributed by atoms with E-state index in [1.165, 1.54) is 0 Å². The van der Waals surface area contributed by atoms with E-state index in [1.807, 2.05) is 18.2 Å². The maximum absolute atomic E-state index is 5.90. The summed E-state index contributed by atoms with van der Waals surface area (Å²) in [7, 11) is 3.27. The molecule has 2 rings (SSSR count). The molecule has 0 saturated carbocycles. The zero-order valence-corrected chi connectivity index (χ0v) is 11.5. The summed E-state index contributed by atoms with van der Waals surface area (Å²) in [6.45, 7) is 2.11. The summed E-state index contributed by atoms with van der Waals surface area (Å²) in [6.07, 6.45) is 1.89. The molecule has 102 valence electrons. The van der Waals surface area contributed by atoms with Crippen molar-refractivity contribution in [2.45, 2.75) is 19.8 Å². The summed E-state index contributed by atoms with van der Waals surface area (Å²) in [5.41, 5.74) is 8.79. The van der Waals surface area contributed by atoms with Gasteiger partial charge in [-0.25, -0.2) is 0 Å². The lowest BCUT2D eigenvalue weighted by Crippen LogP contribution is -1.95. The minimum Gasteiger partial charge on any atom is -0.497 e. The largest absolute Gasteiger partial charge is 0.497 e. The number of aromatic nitrogens is 2. The number of anilines is 1. The third kappa shape index (κ3) is 2.50. The summed E-state index contributed by atoms with van der Waals surface area (Å²) >= 11 is 0. The van der Waals surface area contributed by atoms with E-state index in [9.17, 15) is 0 Å². The molecule has 0 aliphatic carbocycles. The van der Waals surface area contributed by atoms with Crippen molar-refractivity contribution in [1.82, 2.24) is 10.2 Å². The van der Waals surface area contributed by atoms with Crippen LogP contribution in [0.15, 0.2) is 18.2 Å². The van der Waals surface area contributed by atoms with E-state index in [0.29, 0.717) is 5.82 Å². The SMILES string of the molecule is CCCc1c(N)n[nH]c1-c1ccc(OC)cc1OC. The van der Waals surface area contributed by atoms with Crippen LogP contribution >= 0.6 is 0 Å². The number of rotatable bonds is 5. The summed E-state index contributed by atoms with van der Waals surface area (Å²) in [5, 5.41) is 7.09. The first-order chi connectivity index (χ1) is 9.21. The minimum absolute atomic E-state index is 0.551. The molecule has 2 aromatic rings. The van der Waals surface area contributed by atoms with Gasteiger partial charge in [0.05, 0.1) is 19.9 Å². The van der Waals surface area contributed by atoms with Gasteiger partial charge in [0.2, 0.25) is 0 Å².